The maximum absolute atomic E-state index is 5.72. The van der Waals surface area contributed by atoms with Crippen molar-refractivity contribution in [3.63, 3.8) is 0 Å². The Balaban J connectivity index is 1.72. The highest BCUT2D eigenvalue weighted by Crippen LogP contribution is 2.57. The molecule has 0 bridgehead atoms. The van der Waals surface area contributed by atoms with Gasteiger partial charge in [-0.25, -0.2) is 4.98 Å². The number of thiazole rings is 1. The highest BCUT2D eigenvalue weighted by Gasteiger charge is 2.49. The number of rotatable bonds is 2. The van der Waals surface area contributed by atoms with Crippen LogP contribution in [0.1, 0.15) is 32.0 Å². The van der Waals surface area contributed by atoms with Gasteiger partial charge in [-0.1, -0.05) is 30.3 Å². The lowest BCUT2D eigenvalue weighted by Crippen LogP contribution is -1.91. The lowest BCUT2D eigenvalue weighted by molar-refractivity contribution is 0.419. The van der Waals surface area contributed by atoms with Crippen LogP contribution in [0, 0.1) is 5.41 Å². The number of benzene rings is 1. The zero-order valence-electron chi connectivity index (χ0n) is 11.3. The van der Waals surface area contributed by atoms with E-state index < -0.39 is 0 Å². The zero-order chi connectivity index (χ0) is 13.9. The number of nitrogen functional groups attached to an aromatic ring is 1. The molecule has 2 N–H and O–H groups in total. The summed E-state index contributed by atoms with van der Waals surface area (Å²) < 4.78 is 6.43. The summed E-state index contributed by atoms with van der Waals surface area (Å²) in [6.07, 6.45) is 1.12. The van der Waals surface area contributed by atoms with Gasteiger partial charge in [-0.3, -0.25) is 0 Å². The van der Waals surface area contributed by atoms with E-state index in [1.54, 1.807) is 0 Å². The minimum atomic E-state index is 0.303. The molecule has 0 saturated heterocycles. The van der Waals surface area contributed by atoms with Crippen molar-refractivity contribution in [3.05, 3.63) is 24.0 Å². The molecule has 3 aromatic rings. The summed E-state index contributed by atoms with van der Waals surface area (Å²) in [5.41, 5.74) is 7.84. The second-order valence-corrected chi connectivity index (χ2v) is 7.00. The van der Waals surface area contributed by atoms with Crippen molar-refractivity contribution in [2.75, 3.05) is 5.73 Å². The van der Waals surface area contributed by atoms with E-state index in [1.165, 1.54) is 11.3 Å². The minimum Gasteiger partial charge on any atom is -0.375 e. The summed E-state index contributed by atoms with van der Waals surface area (Å²) in [6, 6.07) is 5.87. The average Bonchev–Trinajstić information content (AvgIpc) is 2.82. The molecular formula is C14H14N4OS. The van der Waals surface area contributed by atoms with Crippen LogP contribution in [0.5, 0.6) is 0 Å². The molecule has 0 radical (unpaired) electrons. The minimum absolute atomic E-state index is 0.303. The van der Waals surface area contributed by atoms with Gasteiger partial charge < -0.3 is 10.3 Å². The molecular weight excluding hydrogens is 272 g/mol. The van der Waals surface area contributed by atoms with Gasteiger partial charge in [0, 0.05) is 11.5 Å². The number of nitrogens with two attached hydrogens (primary N) is 1. The van der Waals surface area contributed by atoms with Crippen LogP contribution in [0.3, 0.4) is 0 Å². The maximum Gasteiger partial charge on any atom is 0.257 e. The normalized spacial score (nSPS) is 20.4. The molecule has 102 valence electrons. The first-order chi connectivity index (χ1) is 9.53. The van der Waals surface area contributed by atoms with Crippen LogP contribution >= 0.6 is 11.3 Å². The van der Waals surface area contributed by atoms with Gasteiger partial charge in [-0.05, 0) is 30.0 Å². The SMILES string of the molecule is CC1(C)CC1c1noc(-c2ccc3nc(N)sc3c2)n1. The lowest BCUT2D eigenvalue weighted by atomic mass is 10.1. The Labute approximate surface area is 119 Å². The summed E-state index contributed by atoms with van der Waals surface area (Å²) >= 11 is 1.46. The monoisotopic (exact) mass is 286 g/mol. The molecule has 5 nitrogen and oxygen atoms in total. The van der Waals surface area contributed by atoms with Crippen LogP contribution in [-0.4, -0.2) is 15.1 Å². The molecule has 20 heavy (non-hydrogen) atoms. The fourth-order valence-corrected chi connectivity index (χ4v) is 3.25. The highest BCUT2D eigenvalue weighted by atomic mass is 32.1. The fourth-order valence-electron chi connectivity index (χ4n) is 2.48. The molecule has 1 saturated carbocycles. The second kappa shape index (κ2) is 3.79. The van der Waals surface area contributed by atoms with Crippen LogP contribution in [0.2, 0.25) is 0 Å². The number of hydrogen-bond acceptors (Lipinski definition) is 6. The van der Waals surface area contributed by atoms with Gasteiger partial charge >= 0.3 is 0 Å². The zero-order valence-corrected chi connectivity index (χ0v) is 12.1. The number of aromatic nitrogens is 3. The molecule has 0 amide bonds. The van der Waals surface area contributed by atoms with Crippen molar-refractivity contribution >= 4 is 26.7 Å². The van der Waals surface area contributed by atoms with E-state index in [0.29, 0.717) is 22.4 Å². The van der Waals surface area contributed by atoms with E-state index in [2.05, 4.69) is 29.0 Å². The molecule has 1 aliphatic rings. The standard InChI is InChI=1S/C14H14N4OS/c1-14(2)6-8(14)11-17-12(19-18-11)7-3-4-9-10(5-7)20-13(15)16-9/h3-5,8H,6H2,1-2H3,(H2,15,16). The number of nitrogens with zero attached hydrogens (tertiary/aromatic N) is 3. The molecule has 2 aromatic heterocycles. The first-order valence-corrected chi connectivity index (χ1v) is 7.35. The van der Waals surface area contributed by atoms with Gasteiger partial charge in [-0.15, -0.1) is 0 Å². The Morgan fingerprint density at radius 3 is 2.90 bits per heavy atom. The Hall–Kier alpha value is -1.95. The third-order valence-electron chi connectivity index (χ3n) is 3.92. The summed E-state index contributed by atoms with van der Waals surface area (Å²) in [4.78, 5) is 8.77. The van der Waals surface area contributed by atoms with Crippen LogP contribution < -0.4 is 5.73 Å². The van der Waals surface area contributed by atoms with Crippen molar-refractivity contribution in [1.29, 1.82) is 0 Å². The summed E-state index contributed by atoms with van der Waals surface area (Å²) in [7, 11) is 0. The predicted octanol–water partition coefficient (Wildman–Crippen LogP) is 3.44. The fraction of sp³-hybridized carbons (Fsp3) is 0.357. The largest absolute Gasteiger partial charge is 0.375 e. The van der Waals surface area contributed by atoms with E-state index >= 15 is 0 Å². The van der Waals surface area contributed by atoms with Crippen molar-refractivity contribution < 1.29 is 4.52 Å². The van der Waals surface area contributed by atoms with Gasteiger partial charge in [-0.2, -0.15) is 4.98 Å². The molecule has 0 aliphatic heterocycles. The molecule has 0 spiro atoms. The van der Waals surface area contributed by atoms with E-state index in [-0.39, 0.29) is 0 Å². The highest BCUT2D eigenvalue weighted by molar-refractivity contribution is 7.22. The molecule has 1 fully saturated rings. The molecule has 1 atom stereocenters. The maximum atomic E-state index is 5.72. The lowest BCUT2D eigenvalue weighted by Gasteiger charge is -1.96. The topological polar surface area (TPSA) is 77.8 Å². The molecule has 4 rings (SSSR count). The van der Waals surface area contributed by atoms with Crippen LogP contribution in [0.15, 0.2) is 22.7 Å². The van der Waals surface area contributed by atoms with Gasteiger partial charge in [0.2, 0.25) is 0 Å². The summed E-state index contributed by atoms with van der Waals surface area (Å²) in [5, 5.41) is 4.68. The smallest absolute Gasteiger partial charge is 0.257 e. The summed E-state index contributed by atoms with van der Waals surface area (Å²) in [5.74, 6) is 1.80. The number of hydrogen-bond donors (Lipinski definition) is 1. The predicted molar refractivity (Wildman–Crippen MR) is 78.5 cm³/mol. The Morgan fingerprint density at radius 1 is 1.35 bits per heavy atom. The van der Waals surface area contributed by atoms with E-state index in [4.69, 9.17) is 10.3 Å². The number of fused-ring (bicyclic) bond motifs is 1. The van der Waals surface area contributed by atoms with E-state index in [0.717, 1.165) is 28.0 Å². The summed E-state index contributed by atoms with van der Waals surface area (Å²) in [6.45, 7) is 4.44. The average molecular weight is 286 g/mol. The molecule has 1 unspecified atom stereocenters. The van der Waals surface area contributed by atoms with E-state index in [1.807, 2.05) is 18.2 Å². The molecule has 6 heteroatoms. The van der Waals surface area contributed by atoms with Crippen molar-refractivity contribution in [2.24, 2.45) is 5.41 Å². The quantitative estimate of drug-likeness (QED) is 0.780. The third-order valence-corrected chi connectivity index (χ3v) is 4.77. The number of anilines is 1. The van der Waals surface area contributed by atoms with E-state index in [9.17, 15) is 0 Å². The van der Waals surface area contributed by atoms with Gasteiger partial charge in [0.15, 0.2) is 11.0 Å². The van der Waals surface area contributed by atoms with Gasteiger partial charge in [0.05, 0.1) is 10.2 Å². The van der Waals surface area contributed by atoms with Gasteiger partial charge in [0.25, 0.3) is 5.89 Å². The van der Waals surface area contributed by atoms with Crippen molar-refractivity contribution in [2.45, 2.75) is 26.2 Å². The first-order valence-electron chi connectivity index (χ1n) is 6.53. The van der Waals surface area contributed by atoms with Crippen molar-refractivity contribution in [1.82, 2.24) is 15.1 Å². The molecule has 1 aliphatic carbocycles. The first kappa shape index (κ1) is 11.8. The van der Waals surface area contributed by atoms with Crippen LogP contribution in [0.25, 0.3) is 21.7 Å². The molecule has 2 heterocycles. The Bertz CT molecular complexity index is 804. The van der Waals surface area contributed by atoms with Gasteiger partial charge in [0.1, 0.15) is 0 Å². The molecule has 1 aromatic carbocycles. The van der Waals surface area contributed by atoms with Crippen LogP contribution in [-0.2, 0) is 0 Å². The van der Waals surface area contributed by atoms with Crippen molar-refractivity contribution in [3.8, 4) is 11.5 Å². The second-order valence-electron chi connectivity index (χ2n) is 5.94. The Kier molecular flexibility index (Phi) is 2.24. The van der Waals surface area contributed by atoms with Crippen LogP contribution in [0.4, 0.5) is 5.13 Å². The third kappa shape index (κ3) is 1.79. The Morgan fingerprint density at radius 2 is 2.15 bits per heavy atom.